The maximum absolute atomic E-state index is 4.40. The number of aromatic nitrogens is 1. The fraction of sp³-hybridized carbons (Fsp3) is 0.706. The van der Waals surface area contributed by atoms with Crippen molar-refractivity contribution in [2.24, 2.45) is 0 Å². The minimum atomic E-state index is 0.761. The van der Waals surface area contributed by atoms with Crippen LogP contribution < -0.4 is 10.2 Å². The fourth-order valence-corrected chi connectivity index (χ4v) is 3.82. The van der Waals surface area contributed by atoms with Gasteiger partial charge in [0.15, 0.2) is 0 Å². The van der Waals surface area contributed by atoms with Gasteiger partial charge in [-0.3, -0.25) is 9.88 Å². The molecule has 0 amide bonds. The highest BCUT2D eigenvalue weighted by Gasteiger charge is 2.29. The summed E-state index contributed by atoms with van der Waals surface area (Å²) in [6.07, 6.45) is 10.7. The van der Waals surface area contributed by atoms with Gasteiger partial charge in [-0.05, 0) is 50.3 Å². The van der Waals surface area contributed by atoms with E-state index in [4.69, 9.17) is 0 Å². The predicted octanol–water partition coefficient (Wildman–Crippen LogP) is 2.01. The van der Waals surface area contributed by atoms with E-state index in [-0.39, 0.29) is 0 Å². The van der Waals surface area contributed by atoms with Gasteiger partial charge in [0.1, 0.15) is 0 Å². The van der Waals surface area contributed by atoms with E-state index in [0.717, 1.165) is 18.6 Å². The molecular weight excluding hydrogens is 260 g/mol. The quantitative estimate of drug-likeness (QED) is 0.917. The second-order valence-corrected chi connectivity index (χ2v) is 6.79. The minimum Gasteiger partial charge on any atom is -0.368 e. The Hall–Kier alpha value is -1.13. The van der Waals surface area contributed by atoms with Crippen molar-refractivity contribution in [1.82, 2.24) is 15.2 Å². The first-order valence-corrected chi connectivity index (χ1v) is 8.55. The van der Waals surface area contributed by atoms with Crippen LogP contribution in [0.2, 0.25) is 0 Å². The lowest BCUT2D eigenvalue weighted by Crippen LogP contribution is -2.37. The lowest BCUT2D eigenvalue weighted by atomic mass is 10.1. The van der Waals surface area contributed by atoms with Crippen LogP contribution in [-0.4, -0.2) is 48.1 Å². The third-order valence-electron chi connectivity index (χ3n) is 5.19. The molecule has 1 saturated carbocycles. The Morgan fingerprint density at radius 1 is 1.14 bits per heavy atom. The van der Waals surface area contributed by atoms with Gasteiger partial charge in [0.2, 0.25) is 0 Å². The fourth-order valence-electron chi connectivity index (χ4n) is 3.82. The lowest BCUT2D eigenvalue weighted by Gasteiger charge is -2.28. The number of hydrogen-bond donors (Lipinski definition) is 1. The molecule has 21 heavy (non-hydrogen) atoms. The van der Waals surface area contributed by atoms with Gasteiger partial charge in [0.25, 0.3) is 0 Å². The largest absolute Gasteiger partial charge is 0.368 e. The molecule has 1 atom stereocenters. The molecule has 2 saturated heterocycles. The first-order valence-electron chi connectivity index (χ1n) is 8.55. The third-order valence-corrected chi connectivity index (χ3v) is 5.19. The normalized spacial score (nSPS) is 26.7. The summed E-state index contributed by atoms with van der Waals surface area (Å²) < 4.78 is 0. The summed E-state index contributed by atoms with van der Waals surface area (Å²) in [4.78, 5) is 9.68. The Balaban J connectivity index is 1.50. The van der Waals surface area contributed by atoms with Crippen molar-refractivity contribution in [2.75, 3.05) is 31.1 Å². The summed E-state index contributed by atoms with van der Waals surface area (Å²) >= 11 is 0. The SMILES string of the molecule is c1cc(CNC2CC2)c(N2CCCN3CCCC3C2)cn1. The average Bonchev–Trinajstić information content (AvgIpc) is 3.28. The molecule has 0 aromatic carbocycles. The van der Waals surface area contributed by atoms with Gasteiger partial charge in [-0.1, -0.05) is 0 Å². The van der Waals surface area contributed by atoms with Crippen LogP contribution in [0.15, 0.2) is 18.5 Å². The standard InChI is InChI=1S/C17H26N4/c1-3-16-13-21(10-2-9-20(16)8-1)17-12-18-7-6-14(17)11-19-15-4-5-15/h6-7,12,15-16,19H,1-5,8-11,13H2. The van der Waals surface area contributed by atoms with Crippen molar-refractivity contribution in [3.8, 4) is 0 Å². The van der Waals surface area contributed by atoms with E-state index >= 15 is 0 Å². The maximum Gasteiger partial charge on any atom is 0.0598 e. The van der Waals surface area contributed by atoms with Crippen LogP contribution in [0.1, 0.15) is 37.7 Å². The molecule has 4 rings (SSSR count). The van der Waals surface area contributed by atoms with E-state index in [2.05, 4.69) is 32.4 Å². The van der Waals surface area contributed by atoms with E-state index in [1.165, 1.54) is 69.5 Å². The van der Waals surface area contributed by atoms with Crippen molar-refractivity contribution >= 4 is 5.69 Å². The van der Waals surface area contributed by atoms with E-state index in [9.17, 15) is 0 Å². The molecule has 1 aromatic rings. The topological polar surface area (TPSA) is 31.4 Å². The number of pyridine rings is 1. The zero-order chi connectivity index (χ0) is 14.1. The van der Waals surface area contributed by atoms with Gasteiger partial charge in [0.05, 0.1) is 11.9 Å². The number of nitrogens with zero attached hydrogens (tertiary/aromatic N) is 3. The second-order valence-electron chi connectivity index (χ2n) is 6.79. The predicted molar refractivity (Wildman–Crippen MR) is 85.5 cm³/mol. The highest BCUT2D eigenvalue weighted by Crippen LogP contribution is 2.27. The highest BCUT2D eigenvalue weighted by atomic mass is 15.3. The summed E-state index contributed by atoms with van der Waals surface area (Å²) in [5, 5.41) is 3.65. The Kier molecular flexibility index (Phi) is 3.82. The number of nitrogens with one attached hydrogen (secondary N) is 1. The summed E-state index contributed by atoms with van der Waals surface area (Å²) in [6.45, 7) is 5.93. The molecule has 3 heterocycles. The molecule has 1 aliphatic carbocycles. The molecule has 4 heteroatoms. The van der Waals surface area contributed by atoms with Crippen LogP contribution in [0.5, 0.6) is 0 Å². The highest BCUT2D eigenvalue weighted by molar-refractivity contribution is 5.52. The molecule has 0 radical (unpaired) electrons. The number of rotatable bonds is 4. The zero-order valence-corrected chi connectivity index (χ0v) is 12.8. The third kappa shape index (κ3) is 3.06. The summed E-state index contributed by atoms with van der Waals surface area (Å²) in [6, 6.07) is 3.72. The molecule has 3 aliphatic rings. The first kappa shape index (κ1) is 13.5. The average molecular weight is 286 g/mol. The molecule has 114 valence electrons. The zero-order valence-electron chi connectivity index (χ0n) is 12.8. The molecule has 0 spiro atoms. The van der Waals surface area contributed by atoms with Crippen LogP contribution in [0.4, 0.5) is 5.69 Å². The second kappa shape index (κ2) is 5.93. The van der Waals surface area contributed by atoms with E-state index in [0.29, 0.717) is 0 Å². The smallest absolute Gasteiger partial charge is 0.0598 e. The Morgan fingerprint density at radius 2 is 2.05 bits per heavy atom. The van der Waals surface area contributed by atoms with E-state index in [1.807, 2.05) is 6.20 Å². The summed E-state index contributed by atoms with van der Waals surface area (Å²) in [5.41, 5.74) is 2.78. The Labute approximate surface area is 127 Å². The van der Waals surface area contributed by atoms with Gasteiger partial charge >= 0.3 is 0 Å². The monoisotopic (exact) mass is 286 g/mol. The molecular formula is C17H26N4. The van der Waals surface area contributed by atoms with Gasteiger partial charge in [-0.15, -0.1) is 0 Å². The summed E-state index contributed by atoms with van der Waals surface area (Å²) in [7, 11) is 0. The molecule has 1 aromatic heterocycles. The minimum absolute atomic E-state index is 0.761. The number of anilines is 1. The van der Waals surface area contributed by atoms with E-state index in [1.54, 1.807) is 0 Å². The molecule has 1 N–H and O–H groups in total. The Bertz CT molecular complexity index is 485. The molecule has 1 unspecified atom stereocenters. The van der Waals surface area contributed by atoms with Gasteiger partial charge in [-0.25, -0.2) is 0 Å². The van der Waals surface area contributed by atoms with Crippen molar-refractivity contribution in [3.05, 3.63) is 24.0 Å². The summed E-state index contributed by atoms with van der Waals surface area (Å²) in [5.74, 6) is 0. The number of fused-ring (bicyclic) bond motifs is 1. The first-order chi connectivity index (χ1) is 10.4. The van der Waals surface area contributed by atoms with Crippen molar-refractivity contribution in [2.45, 2.75) is 50.7 Å². The van der Waals surface area contributed by atoms with Crippen LogP contribution in [0.3, 0.4) is 0 Å². The van der Waals surface area contributed by atoms with Crippen LogP contribution in [0, 0.1) is 0 Å². The van der Waals surface area contributed by atoms with Crippen LogP contribution >= 0.6 is 0 Å². The molecule has 0 bridgehead atoms. The van der Waals surface area contributed by atoms with Crippen molar-refractivity contribution in [1.29, 1.82) is 0 Å². The van der Waals surface area contributed by atoms with Gasteiger partial charge < -0.3 is 10.2 Å². The molecule has 3 fully saturated rings. The van der Waals surface area contributed by atoms with Crippen molar-refractivity contribution < 1.29 is 0 Å². The molecule has 4 nitrogen and oxygen atoms in total. The maximum atomic E-state index is 4.40. The van der Waals surface area contributed by atoms with Crippen molar-refractivity contribution in [3.63, 3.8) is 0 Å². The van der Waals surface area contributed by atoms with Crippen LogP contribution in [-0.2, 0) is 6.54 Å². The van der Waals surface area contributed by atoms with Gasteiger partial charge in [0, 0.05) is 44.5 Å². The Morgan fingerprint density at radius 3 is 2.95 bits per heavy atom. The lowest BCUT2D eigenvalue weighted by molar-refractivity contribution is 0.273. The number of hydrogen-bond acceptors (Lipinski definition) is 4. The van der Waals surface area contributed by atoms with Gasteiger partial charge in [-0.2, -0.15) is 0 Å². The molecule has 2 aliphatic heterocycles. The van der Waals surface area contributed by atoms with E-state index < -0.39 is 0 Å². The van der Waals surface area contributed by atoms with Crippen LogP contribution in [0.25, 0.3) is 0 Å².